The van der Waals surface area contributed by atoms with Crippen molar-refractivity contribution < 1.29 is 4.79 Å². The summed E-state index contributed by atoms with van der Waals surface area (Å²) in [4.78, 5) is 25.8. The summed E-state index contributed by atoms with van der Waals surface area (Å²) < 4.78 is 0. The smallest absolute Gasteiger partial charge is 0.204 e. The number of carbonyl (C=O) groups is 1. The van der Waals surface area contributed by atoms with Gasteiger partial charge in [-0.3, -0.25) is 9.78 Å². The minimum absolute atomic E-state index is 0.250. The number of nitrogens with two attached hydrogens (primary N) is 1. The second kappa shape index (κ2) is 8.33. The van der Waals surface area contributed by atoms with Crippen LogP contribution in [-0.2, 0) is 4.79 Å². The highest BCUT2D eigenvalue weighted by atomic mass is 16.1. The van der Waals surface area contributed by atoms with E-state index in [0.717, 1.165) is 28.3 Å². The monoisotopic (exact) mass is 322 g/mol. The van der Waals surface area contributed by atoms with Crippen molar-refractivity contribution in [1.82, 2.24) is 19.9 Å². The molecule has 7 nitrogen and oxygen atoms in total. The Balaban J connectivity index is 0.000000647. The molecule has 3 aromatic heterocycles. The van der Waals surface area contributed by atoms with Crippen LogP contribution in [0.4, 0.5) is 11.5 Å². The zero-order valence-corrected chi connectivity index (χ0v) is 13.5. The minimum Gasteiger partial charge on any atom is -0.372 e. The van der Waals surface area contributed by atoms with Crippen molar-refractivity contribution in [2.45, 2.75) is 13.8 Å². The predicted molar refractivity (Wildman–Crippen MR) is 92.5 cm³/mol. The number of amides is 1. The zero-order chi connectivity index (χ0) is 17.4. The Labute approximate surface area is 140 Å². The SMILES string of the molecule is Cc1cnc(-c2ccc(Nc3cccnc3)nc2)nc1C.NC=O. The fraction of sp³-hybridized carbons (Fsp3) is 0.118. The molecule has 0 aliphatic rings. The van der Waals surface area contributed by atoms with Crippen LogP contribution >= 0.6 is 0 Å². The van der Waals surface area contributed by atoms with Crippen LogP contribution in [0.2, 0.25) is 0 Å². The summed E-state index contributed by atoms with van der Waals surface area (Å²) in [5.41, 5.74) is 8.04. The van der Waals surface area contributed by atoms with Crippen molar-refractivity contribution in [3.63, 3.8) is 0 Å². The van der Waals surface area contributed by atoms with Crippen molar-refractivity contribution in [3.05, 3.63) is 60.3 Å². The fourth-order valence-corrected chi connectivity index (χ4v) is 1.85. The fourth-order valence-electron chi connectivity index (χ4n) is 1.85. The van der Waals surface area contributed by atoms with Gasteiger partial charge in [0, 0.05) is 29.8 Å². The first kappa shape index (κ1) is 17.0. The van der Waals surface area contributed by atoms with Crippen molar-refractivity contribution in [2.24, 2.45) is 5.73 Å². The van der Waals surface area contributed by atoms with Gasteiger partial charge in [0.1, 0.15) is 5.82 Å². The number of nitrogens with one attached hydrogen (secondary N) is 1. The summed E-state index contributed by atoms with van der Waals surface area (Å²) in [6.07, 6.45) is 7.34. The zero-order valence-electron chi connectivity index (χ0n) is 13.5. The Morgan fingerprint density at radius 3 is 2.46 bits per heavy atom. The number of aromatic nitrogens is 4. The van der Waals surface area contributed by atoms with E-state index < -0.39 is 0 Å². The molecule has 3 N–H and O–H groups in total. The largest absolute Gasteiger partial charge is 0.372 e. The molecule has 0 unspecified atom stereocenters. The van der Waals surface area contributed by atoms with Crippen LogP contribution in [-0.4, -0.2) is 26.3 Å². The lowest BCUT2D eigenvalue weighted by Crippen LogP contribution is -1.97. The van der Waals surface area contributed by atoms with Crippen molar-refractivity contribution in [2.75, 3.05) is 5.32 Å². The predicted octanol–water partition coefficient (Wildman–Crippen LogP) is 2.40. The number of hydrogen-bond acceptors (Lipinski definition) is 6. The van der Waals surface area contributed by atoms with E-state index in [4.69, 9.17) is 4.79 Å². The number of nitrogens with zero attached hydrogens (tertiary/aromatic N) is 4. The Morgan fingerprint density at radius 2 is 1.88 bits per heavy atom. The summed E-state index contributed by atoms with van der Waals surface area (Å²) >= 11 is 0. The van der Waals surface area contributed by atoms with Gasteiger partial charge in [0.25, 0.3) is 0 Å². The first-order valence-corrected chi connectivity index (χ1v) is 7.23. The topological polar surface area (TPSA) is 107 Å². The standard InChI is InChI=1S/C16H15N5.CH3NO/c1-11-8-19-16(20-12(11)2)13-5-6-15(18-9-13)21-14-4-3-7-17-10-14;2-1-3/h3-10H,1-2H3,(H,18,21);1H,(H2,2,3). The highest BCUT2D eigenvalue weighted by Crippen LogP contribution is 2.18. The Hall–Kier alpha value is -3.35. The van der Waals surface area contributed by atoms with Crippen molar-refractivity contribution >= 4 is 17.9 Å². The summed E-state index contributed by atoms with van der Waals surface area (Å²) in [5, 5.41) is 3.19. The van der Waals surface area contributed by atoms with E-state index in [9.17, 15) is 0 Å². The summed E-state index contributed by atoms with van der Waals surface area (Å²) in [6, 6.07) is 7.67. The summed E-state index contributed by atoms with van der Waals surface area (Å²) in [5.74, 6) is 1.45. The van der Waals surface area contributed by atoms with E-state index in [0.29, 0.717) is 5.82 Å². The van der Waals surface area contributed by atoms with E-state index in [2.05, 4.69) is 31.0 Å². The number of aryl methyl sites for hydroxylation is 2. The van der Waals surface area contributed by atoms with E-state index in [1.807, 2.05) is 44.3 Å². The van der Waals surface area contributed by atoms with Gasteiger partial charge in [0.2, 0.25) is 6.41 Å². The van der Waals surface area contributed by atoms with Gasteiger partial charge in [0.15, 0.2) is 5.82 Å². The second-order valence-corrected chi connectivity index (χ2v) is 4.90. The van der Waals surface area contributed by atoms with Crippen molar-refractivity contribution in [3.8, 4) is 11.4 Å². The maximum atomic E-state index is 8.58. The molecule has 0 radical (unpaired) electrons. The molecule has 0 aliphatic carbocycles. The molecule has 0 saturated carbocycles. The first-order chi connectivity index (χ1) is 11.6. The van der Waals surface area contributed by atoms with Gasteiger partial charge in [-0.15, -0.1) is 0 Å². The Bertz CT molecular complexity index is 790. The summed E-state index contributed by atoms with van der Waals surface area (Å²) in [6.45, 7) is 3.98. The normalized spacial score (nSPS) is 9.58. The maximum Gasteiger partial charge on any atom is 0.204 e. The van der Waals surface area contributed by atoms with Crippen LogP contribution < -0.4 is 11.1 Å². The molecule has 0 fully saturated rings. The van der Waals surface area contributed by atoms with Gasteiger partial charge in [0.05, 0.1) is 11.9 Å². The van der Waals surface area contributed by atoms with Gasteiger partial charge in [-0.05, 0) is 43.7 Å². The van der Waals surface area contributed by atoms with Gasteiger partial charge in [-0.25, -0.2) is 15.0 Å². The molecule has 3 heterocycles. The number of pyridine rings is 2. The second-order valence-electron chi connectivity index (χ2n) is 4.90. The molecule has 1 amide bonds. The van der Waals surface area contributed by atoms with Crippen molar-refractivity contribution in [1.29, 1.82) is 0 Å². The lowest BCUT2D eigenvalue weighted by Gasteiger charge is -2.06. The lowest BCUT2D eigenvalue weighted by atomic mass is 10.2. The molecule has 0 atom stereocenters. The molecule has 122 valence electrons. The van der Waals surface area contributed by atoms with E-state index in [1.165, 1.54) is 0 Å². The Kier molecular flexibility index (Phi) is 5.90. The number of hydrogen-bond donors (Lipinski definition) is 2. The third-order valence-electron chi connectivity index (χ3n) is 3.18. The number of carbonyl (C=O) groups excluding carboxylic acids is 1. The molecule has 3 aromatic rings. The van der Waals surface area contributed by atoms with E-state index >= 15 is 0 Å². The highest BCUT2D eigenvalue weighted by Gasteiger charge is 2.04. The van der Waals surface area contributed by atoms with Crippen LogP contribution in [0.3, 0.4) is 0 Å². The molecular formula is C17H18N6O. The molecule has 0 spiro atoms. The van der Waals surface area contributed by atoms with Gasteiger partial charge < -0.3 is 11.1 Å². The minimum atomic E-state index is 0.250. The van der Waals surface area contributed by atoms with Crippen LogP contribution in [0, 0.1) is 13.8 Å². The molecule has 7 heteroatoms. The maximum absolute atomic E-state index is 8.58. The highest BCUT2D eigenvalue weighted by molar-refractivity contribution is 5.60. The molecule has 0 bridgehead atoms. The molecule has 0 saturated heterocycles. The molecule has 0 aromatic carbocycles. The first-order valence-electron chi connectivity index (χ1n) is 7.23. The number of anilines is 2. The quantitative estimate of drug-likeness (QED) is 0.717. The van der Waals surface area contributed by atoms with E-state index in [1.54, 1.807) is 18.6 Å². The van der Waals surface area contributed by atoms with Crippen LogP contribution in [0.1, 0.15) is 11.3 Å². The van der Waals surface area contributed by atoms with Gasteiger partial charge >= 0.3 is 0 Å². The van der Waals surface area contributed by atoms with Crippen LogP contribution in [0.25, 0.3) is 11.4 Å². The average molecular weight is 322 g/mol. The molecule has 24 heavy (non-hydrogen) atoms. The third-order valence-corrected chi connectivity index (χ3v) is 3.18. The van der Waals surface area contributed by atoms with Gasteiger partial charge in [-0.1, -0.05) is 0 Å². The van der Waals surface area contributed by atoms with E-state index in [-0.39, 0.29) is 6.41 Å². The number of rotatable bonds is 3. The number of primary amides is 1. The average Bonchev–Trinajstić information content (AvgIpc) is 2.60. The molecule has 3 rings (SSSR count). The Morgan fingerprint density at radius 1 is 1.08 bits per heavy atom. The van der Waals surface area contributed by atoms with Gasteiger partial charge in [-0.2, -0.15) is 0 Å². The molecular weight excluding hydrogens is 304 g/mol. The lowest BCUT2D eigenvalue weighted by molar-refractivity contribution is -0.106. The third kappa shape index (κ3) is 4.57. The van der Waals surface area contributed by atoms with Crippen LogP contribution in [0.15, 0.2) is 49.1 Å². The summed E-state index contributed by atoms with van der Waals surface area (Å²) in [7, 11) is 0. The van der Waals surface area contributed by atoms with Crippen LogP contribution in [0.5, 0.6) is 0 Å². The molecule has 0 aliphatic heterocycles.